The third-order valence-corrected chi connectivity index (χ3v) is 4.73. The maximum atomic E-state index is 10.9. The zero-order valence-corrected chi connectivity index (χ0v) is 13.7. The minimum atomic E-state index is -3.36. The molecule has 0 unspecified atom stereocenters. The highest BCUT2D eigenvalue weighted by atomic mass is 32.2. The lowest BCUT2D eigenvalue weighted by atomic mass is 9.79. The van der Waals surface area contributed by atoms with Gasteiger partial charge in [0.25, 0.3) is 20.2 Å². The Morgan fingerprint density at radius 1 is 0.850 bits per heavy atom. The van der Waals surface area contributed by atoms with E-state index in [1.165, 1.54) is 0 Å². The molecule has 120 valence electrons. The molecule has 1 saturated carbocycles. The Kier molecular flexibility index (Phi) is 6.90. The van der Waals surface area contributed by atoms with Gasteiger partial charge in [0.15, 0.2) is 0 Å². The van der Waals surface area contributed by atoms with Crippen LogP contribution >= 0.6 is 0 Å². The highest BCUT2D eigenvalue weighted by molar-refractivity contribution is 7.86. The molecule has 0 aliphatic heterocycles. The van der Waals surface area contributed by atoms with Crippen LogP contribution in [0, 0.1) is 11.8 Å². The van der Waals surface area contributed by atoms with Gasteiger partial charge in [0.1, 0.15) is 0 Å². The van der Waals surface area contributed by atoms with E-state index in [4.69, 9.17) is 8.37 Å². The molecule has 0 aromatic heterocycles. The SMILES string of the molecule is CS(=O)(=O)OCC[C@@H]1CCC[C@@H](CCOS(C)(=O)=O)C1. The molecule has 2 atom stereocenters. The van der Waals surface area contributed by atoms with E-state index in [2.05, 4.69) is 0 Å². The van der Waals surface area contributed by atoms with E-state index in [0.29, 0.717) is 11.8 Å². The molecule has 1 aliphatic carbocycles. The smallest absolute Gasteiger partial charge is 0.264 e. The topological polar surface area (TPSA) is 86.7 Å². The third kappa shape index (κ3) is 8.89. The van der Waals surface area contributed by atoms with Crippen molar-refractivity contribution in [2.75, 3.05) is 25.7 Å². The second kappa shape index (κ2) is 7.72. The zero-order valence-electron chi connectivity index (χ0n) is 12.1. The molecule has 1 fully saturated rings. The van der Waals surface area contributed by atoms with Crippen LogP contribution in [0.5, 0.6) is 0 Å². The predicted octanol–water partition coefficient (Wildman–Crippen LogP) is 1.53. The van der Waals surface area contributed by atoms with Gasteiger partial charge in [0.2, 0.25) is 0 Å². The Morgan fingerprint density at radius 2 is 1.25 bits per heavy atom. The van der Waals surface area contributed by atoms with E-state index in [0.717, 1.165) is 51.0 Å². The van der Waals surface area contributed by atoms with E-state index in [1.54, 1.807) is 0 Å². The minimum absolute atomic E-state index is 0.232. The molecule has 6 nitrogen and oxygen atoms in total. The van der Waals surface area contributed by atoms with Crippen LogP contribution in [0.2, 0.25) is 0 Å². The highest BCUT2D eigenvalue weighted by Gasteiger charge is 2.22. The molecule has 0 saturated heterocycles. The average Bonchev–Trinajstić information content (AvgIpc) is 2.26. The maximum Gasteiger partial charge on any atom is 0.264 e. The number of hydrogen-bond donors (Lipinski definition) is 0. The molecular weight excluding hydrogens is 304 g/mol. The van der Waals surface area contributed by atoms with Gasteiger partial charge in [0, 0.05) is 0 Å². The number of hydrogen-bond acceptors (Lipinski definition) is 6. The van der Waals surface area contributed by atoms with E-state index in [9.17, 15) is 16.8 Å². The van der Waals surface area contributed by atoms with Crippen molar-refractivity contribution in [1.29, 1.82) is 0 Å². The molecule has 0 N–H and O–H groups in total. The van der Waals surface area contributed by atoms with E-state index < -0.39 is 20.2 Å². The highest BCUT2D eigenvalue weighted by Crippen LogP contribution is 2.33. The first-order valence-electron chi connectivity index (χ1n) is 6.84. The molecule has 0 bridgehead atoms. The normalized spacial score (nSPS) is 24.7. The first kappa shape index (κ1) is 17.9. The van der Waals surface area contributed by atoms with Crippen LogP contribution < -0.4 is 0 Å². The molecule has 8 heteroatoms. The molecule has 1 aliphatic rings. The first-order chi connectivity index (χ1) is 9.16. The Balaban J connectivity index is 2.25. The van der Waals surface area contributed by atoms with Crippen molar-refractivity contribution >= 4 is 20.2 Å². The molecule has 0 spiro atoms. The van der Waals surface area contributed by atoms with Crippen molar-refractivity contribution in [2.24, 2.45) is 11.8 Å². The predicted molar refractivity (Wildman–Crippen MR) is 76.3 cm³/mol. The van der Waals surface area contributed by atoms with Crippen molar-refractivity contribution in [2.45, 2.75) is 38.5 Å². The fourth-order valence-corrected chi connectivity index (χ4v) is 3.46. The Hall–Kier alpha value is -0.180. The van der Waals surface area contributed by atoms with Gasteiger partial charge in [-0.25, -0.2) is 0 Å². The van der Waals surface area contributed by atoms with Crippen molar-refractivity contribution in [3.8, 4) is 0 Å². The molecule has 0 aromatic carbocycles. The Bertz CT molecular complexity index is 438. The summed E-state index contributed by atoms with van der Waals surface area (Å²) in [5.41, 5.74) is 0. The van der Waals surface area contributed by atoms with Crippen molar-refractivity contribution in [1.82, 2.24) is 0 Å². The Morgan fingerprint density at radius 3 is 1.60 bits per heavy atom. The van der Waals surface area contributed by atoms with Crippen LogP contribution in [0.4, 0.5) is 0 Å². The summed E-state index contributed by atoms with van der Waals surface area (Å²) in [5.74, 6) is 0.905. The van der Waals surface area contributed by atoms with Crippen LogP contribution in [0.15, 0.2) is 0 Å². The van der Waals surface area contributed by atoms with Gasteiger partial charge in [-0.3, -0.25) is 8.37 Å². The van der Waals surface area contributed by atoms with E-state index >= 15 is 0 Å². The first-order valence-corrected chi connectivity index (χ1v) is 10.5. The summed E-state index contributed by atoms with van der Waals surface area (Å²) in [7, 11) is -6.71. The molecule has 0 heterocycles. The largest absolute Gasteiger partial charge is 0.270 e. The summed E-state index contributed by atoms with van der Waals surface area (Å²) in [6, 6.07) is 0. The monoisotopic (exact) mass is 328 g/mol. The van der Waals surface area contributed by atoms with Crippen LogP contribution in [0.3, 0.4) is 0 Å². The van der Waals surface area contributed by atoms with Gasteiger partial charge in [-0.1, -0.05) is 19.3 Å². The summed E-state index contributed by atoms with van der Waals surface area (Å²) in [5, 5.41) is 0. The quantitative estimate of drug-likeness (QED) is 0.628. The van der Waals surface area contributed by atoms with Gasteiger partial charge in [-0.2, -0.15) is 16.8 Å². The molecule has 0 radical (unpaired) electrons. The van der Waals surface area contributed by atoms with Crippen molar-refractivity contribution in [3.63, 3.8) is 0 Å². The molecule has 0 amide bonds. The fourth-order valence-electron chi connectivity index (χ4n) is 2.66. The van der Waals surface area contributed by atoms with Crippen LogP contribution in [-0.2, 0) is 28.6 Å². The second-order valence-corrected chi connectivity index (χ2v) is 8.82. The summed E-state index contributed by atoms with van der Waals surface area (Å²) >= 11 is 0. The second-order valence-electron chi connectivity index (χ2n) is 5.53. The van der Waals surface area contributed by atoms with Gasteiger partial charge in [-0.05, 0) is 31.1 Å². The van der Waals surface area contributed by atoms with Crippen LogP contribution in [0.25, 0.3) is 0 Å². The summed E-state index contributed by atoms with van der Waals surface area (Å²) in [6.45, 7) is 0.464. The van der Waals surface area contributed by atoms with Crippen LogP contribution in [0.1, 0.15) is 38.5 Å². The third-order valence-electron chi connectivity index (χ3n) is 3.54. The standard InChI is InChI=1S/C12H24O6S2/c1-19(13,14)17-8-6-11-4-3-5-12(10-11)7-9-18-20(2,15)16/h11-12H,3-10H2,1-2H3/t11-,12-/m0/s1. The lowest BCUT2D eigenvalue weighted by molar-refractivity contribution is 0.188. The van der Waals surface area contributed by atoms with E-state index in [-0.39, 0.29) is 13.2 Å². The summed E-state index contributed by atoms with van der Waals surface area (Å²) < 4.78 is 53.0. The summed E-state index contributed by atoms with van der Waals surface area (Å²) in [4.78, 5) is 0. The van der Waals surface area contributed by atoms with Gasteiger partial charge in [-0.15, -0.1) is 0 Å². The molecule has 20 heavy (non-hydrogen) atoms. The molecule has 1 rings (SSSR count). The fraction of sp³-hybridized carbons (Fsp3) is 1.00. The minimum Gasteiger partial charge on any atom is -0.270 e. The Labute approximate surface area is 122 Å². The van der Waals surface area contributed by atoms with Gasteiger partial charge >= 0.3 is 0 Å². The molecule has 0 aromatic rings. The lowest BCUT2D eigenvalue weighted by Crippen LogP contribution is -2.19. The van der Waals surface area contributed by atoms with Gasteiger partial charge < -0.3 is 0 Å². The van der Waals surface area contributed by atoms with Crippen molar-refractivity contribution < 1.29 is 25.2 Å². The summed E-state index contributed by atoms with van der Waals surface area (Å²) in [6.07, 6.45) is 7.81. The van der Waals surface area contributed by atoms with E-state index in [1.807, 2.05) is 0 Å². The molecular formula is C12H24O6S2. The zero-order chi connectivity index (χ0) is 15.2. The number of rotatable bonds is 8. The van der Waals surface area contributed by atoms with Crippen LogP contribution in [-0.4, -0.2) is 42.6 Å². The average molecular weight is 328 g/mol. The maximum absolute atomic E-state index is 10.9. The van der Waals surface area contributed by atoms with Crippen molar-refractivity contribution in [3.05, 3.63) is 0 Å². The van der Waals surface area contributed by atoms with Gasteiger partial charge in [0.05, 0.1) is 25.7 Å². The lowest BCUT2D eigenvalue weighted by Gasteiger charge is -2.28.